The van der Waals surface area contributed by atoms with Crippen LogP contribution in [0.2, 0.25) is 0 Å². The summed E-state index contributed by atoms with van der Waals surface area (Å²) in [7, 11) is 0. The van der Waals surface area contributed by atoms with Crippen molar-refractivity contribution < 1.29 is 9.53 Å². The van der Waals surface area contributed by atoms with E-state index in [1.807, 2.05) is 69.3 Å². The molecule has 0 aliphatic carbocycles. The maximum Gasteiger partial charge on any atom is 0.420 e. The number of carbonyl (C=O) groups excluding carboxylic acids is 1. The molecule has 6 aromatic rings. The van der Waals surface area contributed by atoms with Gasteiger partial charge in [0.25, 0.3) is 0 Å². The van der Waals surface area contributed by atoms with Crippen LogP contribution in [0.4, 0.5) is 4.79 Å². The van der Waals surface area contributed by atoms with E-state index in [-0.39, 0.29) is 5.41 Å². The van der Waals surface area contributed by atoms with Gasteiger partial charge in [-0.2, -0.15) is 0 Å². The van der Waals surface area contributed by atoms with E-state index in [0.29, 0.717) is 5.82 Å². The van der Waals surface area contributed by atoms with Gasteiger partial charge >= 0.3 is 6.09 Å². The van der Waals surface area contributed by atoms with Gasteiger partial charge in [-0.25, -0.2) is 14.3 Å². The van der Waals surface area contributed by atoms with Crippen LogP contribution in [0.3, 0.4) is 0 Å². The van der Waals surface area contributed by atoms with Crippen molar-refractivity contribution in [1.29, 1.82) is 0 Å². The van der Waals surface area contributed by atoms with Gasteiger partial charge in [0.1, 0.15) is 17.1 Å². The van der Waals surface area contributed by atoms with E-state index in [1.54, 1.807) is 10.8 Å². The van der Waals surface area contributed by atoms with Crippen molar-refractivity contribution in [3.8, 4) is 28.3 Å². The number of ether oxygens (including phenoxy) is 1. The van der Waals surface area contributed by atoms with Crippen molar-refractivity contribution in [3.05, 3.63) is 103 Å². The van der Waals surface area contributed by atoms with Crippen molar-refractivity contribution >= 4 is 28.0 Å². The maximum atomic E-state index is 13.7. The van der Waals surface area contributed by atoms with Crippen LogP contribution >= 0.6 is 0 Å². The average Bonchev–Trinajstić information content (AvgIpc) is 3.52. The zero-order valence-corrected chi connectivity index (χ0v) is 24.3. The highest BCUT2D eigenvalue weighted by Crippen LogP contribution is 2.36. The number of nitrogens with zero attached hydrogens (tertiary/aromatic N) is 4. The number of benzene rings is 2. The minimum atomic E-state index is -0.640. The third-order valence-corrected chi connectivity index (χ3v) is 7.07. The average molecular weight is 543 g/mol. The molecule has 0 amide bonds. The van der Waals surface area contributed by atoms with Crippen LogP contribution in [-0.2, 0) is 10.2 Å². The lowest BCUT2D eigenvalue weighted by molar-refractivity contribution is 0.0528. The Balaban J connectivity index is 1.60. The Bertz CT molecular complexity index is 1900. The third-order valence-electron chi connectivity index (χ3n) is 7.07. The van der Waals surface area contributed by atoms with Crippen molar-refractivity contribution in [2.24, 2.45) is 0 Å². The molecule has 0 aliphatic rings. The minimum absolute atomic E-state index is 0.293. The van der Waals surface area contributed by atoms with Gasteiger partial charge in [-0.05, 0) is 69.3 Å². The summed E-state index contributed by atoms with van der Waals surface area (Å²) < 4.78 is 9.69. The molecule has 2 aromatic carbocycles. The van der Waals surface area contributed by atoms with E-state index in [9.17, 15) is 4.79 Å². The van der Waals surface area contributed by atoms with E-state index < -0.39 is 11.7 Å². The number of para-hydroxylation sites is 1. The van der Waals surface area contributed by atoms with E-state index in [4.69, 9.17) is 9.72 Å². The number of aromatic nitrogens is 4. The Labute approximate surface area is 240 Å². The molecule has 4 heterocycles. The van der Waals surface area contributed by atoms with Gasteiger partial charge in [0, 0.05) is 39.2 Å². The van der Waals surface area contributed by atoms with Crippen molar-refractivity contribution in [2.45, 2.75) is 52.6 Å². The lowest BCUT2D eigenvalue weighted by Crippen LogP contribution is -2.31. The van der Waals surface area contributed by atoms with Crippen LogP contribution in [0.5, 0.6) is 0 Å². The van der Waals surface area contributed by atoms with Crippen molar-refractivity contribution in [3.63, 3.8) is 0 Å². The normalized spacial score (nSPS) is 12.2. The molecular formula is C35H34N4O2. The quantitative estimate of drug-likeness (QED) is 0.224. The number of fused-ring (bicyclic) bond motifs is 3. The highest BCUT2D eigenvalue weighted by Gasteiger charge is 2.29. The van der Waals surface area contributed by atoms with Gasteiger partial charge in [0.15, 0.2) is 0 Å². The smallest absolute Gasteiger partial charge is 0.420 e. The molecule has 206 valence electrons. The van der Waals surface area contributed by atoms with E-state index >= 15 is 0 Å². The van der Waals surface area contributed by atoms with Crippen LogP contribution in [-0.4, -0.2) is 30.8 Å². The second-order valence-corrected chi connectivity index (χ2v) is 12.4. The number of hydrogen-bond acceptors (Lipinski definition) is 4. The fraction of sp³-hybridized carbons (Fsp3) is 0.229. The molecule has 0 fully saturated rings. The van der Waals surface area contributed by atoms with Gasteiger partial charge < -0.3 is 4.74 Å². The topological polar surface area (TPSA) is 61.9 Å². The van der Waals surface area contributed by atoms with E-state index in [0.717, 1.165) is 50.1 Å². The first-order chi connectivity index (χ1) is 19.5. The highest BCUT2D eigenvalue weighted by molar-refractivity contribution is 6.08. The van der Waals surface area contributed by atoms with Gasteiger partial charge in [-0.15, -0.1) is 0 Å². The minimum Gasteiger partial charge on any atom is -0.443 e. The molecule has 0 unspecified atom stereocenters. The third kappa shape index (κ3) is 4.91. The number of hydrogen-bond donors (Lipinski definition) is 0. The highest BCUT2D eigenvalue weighted by atomic mass is 16.6. The molecule has 0 spiro atoms. The van der Waals surface area contributed by atoms with Crippen molar-refractivity contribution in [2.75, 3.05) is 0 Å². The molecular weight excluding hydrogens is 508 g/mol. The van der Waals surface area contributed by atoms with Crippen molar-refractivity contribution in [1.82, 2.24) is 19.1 Å². The molecule has 0 saturated heterocycles. The lowest BCUT2D eigenvalue weighted by atomic mass is 9.92. The summed E-state index contributed by atoms with van der Waals surface area (Å²) in [5.74, 6) is 0.697. The molecule has 0 N–H and O–H groups in total. The molecule has 6 nitrogen and oxygen atoms in total. The first kappa shape index (κ1) is 26.5. The second-order valence-electron chi connectivity index (χ2n) is 12.4. The van der Waals surface area contributed by atoms with Crippen LogP contribution in [0.25, 0.3) is 50.3 Å². The Morgan fingerprint density at radius 3 is 2.17 bits per heavy atom. The van der Waals surface area contributed by atoms with Gasteiger partial charge in [-0.1, -0.05) is 63.2 Å². The predicted octanol–water partition coefficient (Wildman–Crippen LogP) is 8.79. The molecule has 6 heteroatoms. The SMILES string of the molecule is CC(C)(C)OC(=O)n1c(-n2c3ccccc3c3ccc(-c4cccc(-c5ccccn5)c4)nc32)ccc1C(C)(C)C. The summed E-state index contributed by atoms with van der Waals surface area (Å²) in [6, 6.07) is 30.6. The predicted molar refractivity (Wildman–Crippen MR) is 166 cm³/mol. The summed E-state index contributed by atoms with van der Waals surface area (Å²) >= 11 is 0. The van der Waals surface area contributed by atoms with E-state index in [1.165, 1.54) is 0 Å². The lowest BCUT2D eigenvalue weighted by Gasteiger charge is -2.26. The van der Waals surface area contributed by atoms with Crippen LogP contribution in [0.15, 0.2) is 97.2 Å². The Morgan fingerprint density at radius 2 is 1.46 bits per heavy atom. The monoisotopic (exact) mass is 542 g/mol. The van der Waals surface area contributed by atoms with Crippen LogP contribution in [0.1, 0.15) is 47.2 Å². The summed E-state index contributed by atoms with van der Waals surface area (Å²) in [5.41, 5.74) is 5.45. The first-order valence-electron chi connectivity index (χ1n) is 13.9. The zero-order chi connectivity index (χ0) is 28.9. The molecule has 4 aromatic heterocycles. The van der Waals surface area contributed by atoms with Gasteiger partial charge in [0.2, 0.25) is 0 Å². The van der Waals surface area contributed by atoms with E-state index in [2.05, 4.69) is 72.8 Å². The number of carbonyl (C=O) groups is 1. The molecule has 0 bridgehead atoms. The van der Waals surface area contributed by atoms with Crippen LogP contribution < -0.4 is 0 Å². The standard InChI is InChI=1S/C35H34N4O2/c1-34(2,3)30-19-20-31(39(30)33(40)41-35(4,5)6)38-29-16-8-7-14-25(29)26-17-18-28(37-32(26)38)24-13-11-12-23(22-24)27-15-9-10-21-36-27/h7-22H,1-6H3. The second kappa shape index (κ2) is 9.73. The molecule has 6 rings (SSSR count). The number of rotatable bonds is 3. The summed E-state index contributed by atoms with van der Waals surface area (Å²) in [6.07, 6.45) is 1.39. The molecule has 0 aliphatic heterocycles. The largest absolute Gasteiger partial charge is 0.443 e. The first-order valence-corrected chi connectivity index (χ1v) is 13.9. The van der Waals surface area contributed by atoms with Gasteiger partial charge in [0.05, 0.1) is 16.9 Å². The molecule has 0 radical (unpaired) electrons. The molecule has 41 heavy (non-hydrogen) atoms. The fourth-order valence-electron chi connectivity index (χ4n) is 5.29. The molecule has 0 atom stereocenters. The Morgan fingerprint density at radius 1 is 0.732 bits per heavy atom. The fourth-order valence-corrected chi connectivity index (χ4v) is 5.29. The summed E-state index contributed by atoms with van der Waals surface area (Å²) in [6.45, 7) is 12.0. The number of pyridine rings is 2. The molecule has 0 saturated carbocycles. The Kier molecular flexibility index (Phi) is 6.29. The van der Waals surface area contributed by atoms with Crippen LogP contribution in [0, 0.1) is 0 Å². The summed E-state index contributed by atoms with van der Waals surface area (Å²) in [4.78, 5) is 23.5. The Hall–Kier alpha value is -4.71. The summed E-state index contributed by atoms with van der Waals surface area (Å²) in [5, 5.41) is 2.08. The van der Waals surface area contributed by atoms with Gasteiger partial charge in [-0.3, -0.25) is 9.55 Å². The zero-order valence-electron chi connectivity index (χ0n) is 24.3. The maximum absolute atomic E-state index is 13.7.